The van der Waals surface area contributed by atoms with Gasteiger partial charge < -0.3 is 0 Å². The average Bonchev–Trinajstić information content (AvgIpc) is 3.15. The van der Waals surface area contributed by atoms with Crippen molar-refractivity contribution in [3.63, 3.8) is 0 Å². The van der Waals surface area contributed by atoms with Crippen LogP contribution in [0.25, 0.3) is 32.9 Å². The van der Waals surface area contributed by atoms with Crippen LogP contribution in [-0.2, 0) is 0 Å². The zero-order valence-electron chi connectivity index (χ0n) is 15.7. The molecule has 0 aliphatic rings. The summed E-state index contributed by atoms with van der Waals surface area (Å²) in [6, 6.07) is 11.2. The van der Waals surface area contributed by atoms with E-state index in [-0.39, 0.29) is 53.0 Å². The van der Waals surface area contributed by atoms with Crippen molar-refractivity contribution in [2.75, 3.05) is 0 Å². The van der Waals surface area contributed by atoms with E-state index in [1.54, 1.807) is 0 Å². The molecule has 0 spiro atoms. The highest BCUT2D eigenvalue weighted by Crippen LogP contribution is 2.26. The molecule has 6 nitrogen and oxygen atoms in total. The van der Waals surface area contributed by atoms with Crippen LogP contribution in [0.5, 0.6) is 0 Å². The van der Waals surface area contributed by atoms with Crippen LogP contribution in [0.4, 0.5) is 0 Å². The second-order valence-corrected chi connectivity index (χ2v) is 8.66. The van der Waals surface area contributed by atoms with Gasteiger partial charge in [0, 0.05) is 0 Å². The number of hydrogen-bond donors (Lipinski definition) is 0. The van der Waals surface area contributed by atoms with Gasteiger partial charge in [-0.15, -0.1) is 0 Å². The smallest absolute Gasteiger partial charge is 0.266 e. The third-order valence-corrected chi connectivity index (χ3v) is 6.69. The van der Waals surface area contributed by atoms with Gasteiger partial charge in [0.15, 0.2) is 0 Å². The van der Waals surface area contributed by atoms with E-state index in [9.17, 15) is 19.2 Å². The second-order valence-electron chi connectivity index (χ2n) is 7.03. The van der Waals surface area contributed by atoms with Crippen molar-refractivity contribution in [2.45, 2.75) is 0 Å². The molecular weight excluding hydrogens is 498 g/mol. The van der Waals surface area contributed by atoms with Crippen LogP contribution in [-0.4, -0.2) is 9.13 Å². The Balaban J connectivity index is 1.83. The van der Waals surface area contributed by atoms with Crippen molar-refractivity contribution in [3.8, 4) is 11.4 Å². The molecule has 10 heteroatoms. The molecule has 0 N–H and O–H groups in total. The van der Waals surface area contributed by atoms with Gasteiger partial charge in [-0.2, -0.15) is 0 Å². The Bertz CT molecular complexity index is 1600. The maximum absolute atomic E-state index is 13.0. The molecule has 3 aromatic carbocycles. The quantitative estimate of drug-likeness (QED) is 0.353. The van der Waals surface area contributed by atoms with E-state index in [4.69, 9.17) is 46.4 Å². The van der Waals surface area contributed by atoms with Gasteiger partial charge in [-0.25, -0.2) is 9.13 Å². The normalized spacial score (nSPS) is 11.6. The zero-order chi connectivity index (χ0) is 22.9. The summed E-state index contributed by atoms with van der Waals surface area (Å²) >= 11 is 23.9. The number of rotatable bonds is 2. The maximum Gasteiger partial charge on any atom is 0.266 e. The summed E-state index contributed by atoms with van der Waals surface area (Å²) in [5, 5.41) is 0.925. The van der Waals surface area contributed by atoms with Gasteiger partial charge in [0.2, 0.25) is 0 Å². The third kappa shape index (κ3) is 2.95. The van der Waals surface area contributed by atoms with E-state index in [0.717, 1.165) is 9.13 Å². The van der Waals surface area contributed by atoms with Crippen molar-refractivity contribution in [3.05, 3.63) is 110 Å². The van der Waals surface area contributed by atoms with Crippen LogP contribution in [0.3, 0.4) is 0 Å². The predicted octanol–water partition coefficient (Wildman–Crippen LogP) is 4.50. The molecule has 0 unspecified atom stereocenters. The molecule has 32 heavy (non-hydrogen) atoms. The summed E-state index contributed by atoms with van der Waals surface area (Å²) in [6.07, 6.45) is 0. The average molecular weight is 506 g/mol. The Labute approximate surface area is 198 Å². The number of hydrogen-bond acceptors (Lipinski definition) is 4. The first-order valence-electron chi connectivity index (χ1n) is 9.04. The zero-order valence-corrected chi connectivity index (χ0v) is 18.7. The van der Waals surface area contributed by atoms with Gasteiger partial charge in [-0.1, -0.05) is 46.4 Å². The largest absolute Gasteiger partial charge is 0.268 e. The van der Waals surface area contributed by atoms with E-state index >= 15 is 0 Å². The van der Waals surface area contributed by atoms with E-state index in [1.807, 2.05) is 0 Å². The molecule has 158 valence electrons. The highest BCUT2D eigenvalue weighted by atomic mass is 35.5. The van der Waals surface area contributed by atoms with Crippen LogP contribution in [0.1, 0.15) is 0 Å². The SMILES string of the molecule is O=c1c2cc3c(=O)n(-c4ccc(Cl)c(Cl)c4)c(=O)c3cc2c(=O)n1-c1ccc(Cl)c(Cl)c1. The molecule has 2 heterocycles. The lowest BCUT2D eigenvalue weighted by molar-refractivity contribution is 0.988. The fourth-order valence-electron chi connectivity index (χ4n) is 3.69. The molecule has 0 atom stereocenters. The monoisotopic (exact) mass is 504 g/mol. The Morgan fingerprint density at radius 1 is 0.438 bits per heavy atom. The molecule has 0 saturated heterocycles. The summed E-state index contributed by atoms with van der Waals surface area (Å²) in [7, 11) is 0. The van der Waals surface area contributed by atoms with Crippen LogP contribution < -0.4 is 22.2 Å². The van der Waals surface area contributed by atoms with Crippen LogP contribution in [0.2, 0.25) is 20.1 Å². The van der Waals surface area contributed by atoms with Crippen molar-refractivity contribution in [1.29, 1.82) is 0 Å². The topological polar surface area (TPSA) is 78.1 Å². The van der Waals surface area contributed by atoms with Gasteiger partial charge in [0.05, 0.1) is 53.0 Å². The number of halogens is 4. The van der Waals surface area contributed by atoms with Gasteiger partial charge >= 0.3 is 0 Å². The van der Waals surface area contributed by atoms with Crippen molar-refractivity contribution >= 4 is 67.9 Å². The number of aromatic nitrogens is 2. The highest BCUT2D eigenvalue weighted by Gasteiger charge is 2.21. The van der Waals surface area contributed by atoms with Gasteiger partial charge in [0.25, 0.3) is 22.2 Å². The Morgan fingerprint density at radius 3 is 1.03 bits per heavy atom. The van der Waals surface area contributed by atoms with Crippen LogP contribution in [0.15, 0.2) is 67.7 Å². The lowest BCUT2D eigenvalue weighted by atomic mass is 10.1. The Morgan fingerprint density at radius 2 is 0.750 bits per heavy atom. The molecule has 0 radical (unpaired) electrons. The molecule has 2 aromatic heterocycles. The molecule has 5 aromatic rings. The fourth-order valence-corrected chi connectivity index (χ4v) is 4.28. The second kappa shape index (κ2) is 7.32. The summed E-state index contributed by atoms with van der Waals surface area (Å²) in [5.41, 5.74) is -2.11. The molecule has 0 amide bonds. The lowest BCUT2D eigenvalue weighted by Gasteiger charge is -2.02. The highest BCUT2D eigenvalue weighted by molar-refractivity contribution is 6.42. The Kier molecular flexibility index (Phi) is 4.80. The minimum Gasteiger partial charge on any atom is -0.268 e. The van der Waals surface area contributed by atoms with Crippen molar-refractivity contribution < 1.29 is 0 Å². The Hall–Kier alpha value is -2.90. The van der Waals surface area contributed by atoms with Crippen molar-refractivity contribution in [2.24, 2.45) is 0 Å². The molecule has 0 fully saturated rings. The summed E-state index contributed by atoms with van der Waals surface area (Å²) in [6.45, 7) is 0. The van der Waals surface area contributed by atoms with Crippen molar-refractivity contribution in [1.82, 2.24) is 9.13 Å². The maximum atomic E-state index is 13.0. The molecule has 0 aliphatic heterocycles. The van der Waals surface area contributed by atoms with Crippen LogP contribution in [0, 0.1) is 0 Å². The molecule has 0 aliphatic carbocycles. The van der Waals surface area contributed by atoms with Crippen LogP contribution >= 0.6 is 46.4 Å². The number of benzene rings is 3. The third-order valence-electron chi connectivity index (χ3n) is 5.21. The van der Waals surface area contributed by atoms with E-state index in [0.29, 0.717) is 0 Å². The van der Waals surface area contributed by atoms with E-state index in [1.165, 1.54) is 48.5 Å². The minimum atomic E-state index is -0.639. The summed E-state index contributed by atoms with van der Waals surface area (Å²) < 4.78 is 1.85. The van der Waals surface area contributed by atoms with Gasteiger partial charge in [0.1, 0.15) is 0 Å². The first-order chi connectivity index (χ1) is 15.2. The predicted molar refractivity (Wildman–Crippen MR) is 128 cm³/mol. The number of fused-ring (bicyclic) bond motifs is 2. The number of nitrogens with zero attached hydrogens (tertiary/aromatic N) is 2. The molecule has 5 rings (SSSR count). The molecular formula is C22H8Cl4N2O4. The first-order valence-corrected chi connectivity index (χ1v) is 10.6. The van der Waals surface area contributed by atoms with E-state index < -0.39 is 22.2 Å². The summed E-state index contributed by atoms with van der Waals surface area (Å²) in [4.78, 5) is 52.1. The van der Waals surface area contributed by atoms with Gasteiger partial charge in [-0.05, 0) is 48.5 Å². The molecule has 0 bridgehead atoms. The fraction of sp³-hybridized carbons (Fsp3) is 0. The standard InChI is InChI=1S/C22H8Cl4N2O4/c23-15-3-1-9(5-17(15)25)27-19(29)11-7-13-14(8-12(11)20(27)30)22(32)28(21(13)31)10-2-4-16(24)18(26)6-10/h1-8H. The molecule has 0 saturated carbocycles. The summed E-state index contributed by atoms with van der Waals surface area (Å²) in [5.74, 6) is 0. The first kappa shape index (κ1) is 21.0. The minimum absolute atomic E-state index is 0.0111. The lowest BCUT2D eigenvalue weighted by Crippen LogP contribution is -2.24. The van der Waals surface area contributed by atoms with E-state index in [2.05, 4.69) is 0 Å². The van der Waals surface area contributed by atoms with Gasteiger partial charge in [-0.3, -0.25) is 19.2 Å².